The molecule has 6 aliphatic rings. The van der Waals surface area contributed by atoms with Crippen molar-refractivity contribution in [3.63, 3.8) is 0 Å². The maximum Gasteiger partial charge on any atom is 0.252 e. The molecule has 0 amide bonds. The molecule has 4 aliphatic heterocycles. The quantitative estimate of drug-likeness (QED) is 0.128. The van der Waals surface area contributed by atoms with Gasteiger partial charge < -0.3 is 25.2 Å². The Balaban J connectivity index is 0.767. The Bertz CT molecular complexity index is 3630. The molecule has 2 spiro atoms. The summed E-state index contributed by atoms with van der Waals surface area (Å²) in [5, 5.41) is 8.14. The monoisotopic (exact) mass is 1100 g/mol. The van der Waals surface area contributed by atoms with Crippen molar-refractivity contribution in [2.45, 2.75) is 131 Å². The lowest BCUT2D eigenvalue weighted by molar-refractivity contribution is -0.124. The molecule has 2 aromatic carbocycles. The van der Waals surface area contributed by atoms with E-state index < -0.39 is 20.0 Å². The third-order valence-electron chi connectivity index (χ3n) is 18.5. The first kappa shape index (κ1) is 53.0. The van der Waals surface area contributed by atoms with E-state index in [0.29, 0.717) is 104 Å². The topological polar surface area (TPSA) is 210 Å². The van der Waals surface area contributed by atoms with Gasteiger partial charge in [-0.25, -0.2) is 26.8 Å². The van der Waals surface area contributed by atoms with Crippen LogP contribution in [-0.2, 0) is 24.8 Å². The number of sulfonamides is 2. The van der Waals surface area contributed by atoms with E-state index in [-0.39, 0.29) is 55.9 Å². The van der Waals surface area contributed by atoms with Crippen LogP contribution in [0.2, 0.25) is 0 Å². The molecule has 6 fully saturated rings. The van der Waals surface area contributed by atoms with Gasteiger partial charge in [-0.05, 0) is 182 Å². The number of hydrogen-bond acceptors (Lipinski definition) is 15. The molecule has 4 saturated heterocycles. The minimum Gasteiger partial charge on any atom is -0.372 e. The Morgan fingerprint density at radius 2 is 1.18 bits per heavy atom. The normalized spacial score (nSPS) is 23.0. The lowest BCUT2D eigenvalue weighted by Gasteiger charge is -2.46. The van der Waals surface area contributed by atoms with Gasteiger partial charge in [0.05, 0.1) is 22.0 Å². The molecule has 78 heavy (non-hydrogen) atoms. The highest BCUT2D eigenvalue weighted by Gasteiger charge is 2.43. The van der Waals surface area contributed by atoms with Crippen molar-refractivity contribution in [1.82, 2.24) is 47.5 Å². The predicted molar refractivity (Wildman–Crippen MR) is 301 cm³/mol. The average molecular weight is 1100 g/mol. The largest absolute Gasteiger partial charge is 0.372 e. The van der Waals surface area contributed by atoms with E-state index in [1.165, 1.54) is 0 Å². The smallest absolute Gasteiger partial charge is 0.252 e. The highest BCUT2D eigenvalue weighted by Crippen LogP contribution is 2.45. The van der Waals surface area contributed by atoms with Crippen molar-refractivity contribution in [2.75, 3.05) is 83.7 Å². The summed E-state index contributed by atoms with van der Waals surface area (Å²) in [5.41, 5.74) is 4.27. The van der Waals surface area contributed by atoms with Crippen LogP contribution < -0.4 is 21.8 Å². The molecule has 2 unspecified atom stereocenters. The van der Waals surface area contributed by atoms with Crippen molar-refractivity contribution >= 4 is 65.4 Å². The number of nitrogens with one attached hydrogen (secondary N) is 2. The van der Waals surface area contributed by atoms with Crippen molar-refractivity contribution < 1.29 is 21.6 Å². The maximum absolute atomic E-state index is 14.4. The van der Waals surface area contributed by atoms with E-state index in [1.807, 2.05) is 18.4 Å². The van der Waals surface area contributed by atoms with Crippen LogP contribution in [0.15, 0.2) is 86.4 Å². The van der Waals surface area contributed by atoms with E-state index >= 15 is 0 Å². The Morgan fingerprint density at radius 1 is 0.603 bits per heavy atom. The van der Waals surface area contributed by atoms with E-state index in [1.54, 1.807) is 80.2 Å². The number of likely N-dealkylation sites (N-methyl/N-ethyl adjacent to an activating group) is 1. The highest BCUT2D eigenvalue weighted by atomic mass is 32.2. The molecule has 12 rings (SSSR count). The molecule has 6 aromatic rings. The summed E-state index contributed by atoms with van der Waals surface area (Å²) in [6.45, 7) is 10.0. The van der Waals surface area contributed by atoms with Gasteiger partial charge >= 0.3 is 0 Å². The summed E-state index contributed by atoms with van der Waals surface area (Å²) < 4.78 is 68.7. The molecule has 0 bridgehead atoms. The molecule has 21 heteroatoms. The van der Waals surface area contributed by atoms with Crippen LogP contribution in [0.25, 0.3) is 22.1 Å². The minimum atomic E-state index is -3.74. The van der Waals surface area contributed by atoms with Crippen LogP contribution in [0.5, 0.6) is 0 Å². The molecule has 19 nitrogen and oxygen atoms in total. The number of hydrogen-bond donors (Lipinski definition) is 2. The summed E-state index contributed by atoms with van der Waals surface area (Å²) in [6, 6.07) is 15.0. The first-order valence-electron chi connectivity index (χ1n) is 28.0. The van der Waals surface area contributed by atoms with Crippen LogP contribution in [0, 0.1) is 19.3 Å². The Hall–Kier alpha value is -5.68. The number of aryl methyl sites for hydroxylation is 2. The van der Waals surface area contributed by atoms with Gasteiger partial charge in [-0.3, -0.25) is 18.7 Å². The summed E-state index contributed by atoms with van der Waals surface area (Å²) in [7, 11) is -3.20. The van der Waals surface area contributed by atoms with E-state index in [4.69, 9.17) is 19.7 Å². The van der Waals surface area contributed by atoms with E-state index in [0.717, 1.165) is 94.1 Å². The van der Waals surface area contributed by atoms with Gasteiger partial charge in [-0.1, -0.05) is 12.8 Å². The fourth-order valence-electron chi connectivity index (χ4n) is 13.7. The van der Waals surface area contributed by atoms with Gasteiger partial charge in [0.15, 0.2) is 0 Å². The molecule has 8 heterocycles. The van der Waals surface area contributed by atoms with Crippen LogP contribution in [-0.4, -0.2) is 143 Å². The number of benzene rings is 2. The zero-order chi connectivity index (χ0) is 54.1. The first-order valence-corrected chi connectivity index (χ1v) is 30.9. The van der Waals surface area contributed by atoms with Crippen molar-refractivity contribution in [2.24, 2.45) is 5.41 Å². The van der Waals surface area contributed by atoms with E-state index in [9.17, 15) is 26.4 Å². The number of rotatable bonds is 11. The molecular formula is C57H72N12O7S2. The van der Waals surface area contributed by atoms with Crippen molar-refractivity contribution in [1.29, 1.82) is 0 Å². The standard InChI is InChI=1S/C57H72N12O7S2/c1-38-32-45(78(74,75)67-27-21-57(22-28-67)37-65(4)29-30-76-57)13-14-48(38)60-54-58-35-41-10-16-50(70)69(52(41)62-54)43-11-9-40(33-43)46-34-51(71)68(42-7-5-6-8-42)53-47(46)36-59-55(63-53)61-49-15-12-44(31-39(49)2)77(72,73)66-25-19-56(20-26-66)17-23-64(3)24-18-56/h10,12-16,31-32,34-36,40,42-43H,5-9,11,17-30,33,37H2,1-4H3,(H,58,60,62)(H,59,61,63). The zero-order valence-corrected chi connectivity index (χ0v) is 46.9. The van der Waals surface area contributed by atoms with Crippen LogP contribution >= 0.6 is 0 Å². The summed E-state index contributed by atoms with van der Waals surface area (Å²) in [4.78, 5) is 52.8. The number of pyridine rings is 2. The van der Waals surface area contributed by atoms with Crippen LogP contribution in [0.3, 0.4) is 0 Å². The number of morpholine rings is 1. The average Bonchev–Trinajstić information content (AvgIpc) is 4.19. The molecule has 2 atom stereocenters. The Morgan fingerprint density at radius 3 is 1.79 bits per heavy atom. The number of nitrogens with zero attached hydrogens (tertiary/aromatic N) is 10. The van der Waals surface area contributed by atoms with Crippen LogP contribution in [0.4, 0.5) is 23.3 Å². The summed E-state index contributed by atoms with van der Waals surface area (Å²) in [6.07, 6.45) is 14.6. The van der Waals surface area contributed by atoms with E-state index in [2.05, 4.69) is 39.5 Å². The number of piperidine rings is 3. The molecule has 2 N–H and O–H groups in total. The number of ether oxygens (including phenoxy) is 1. The molecule has 4 aromatic heterocycles. The third kappa shape index (κ3) is 10.1. The number of fused-ring (bicyclic) bond motifs is 2. The number of likely N-dealkylation sites (tertiary alicyclic amines) is 1. The highest BCUT2D eigenvalue weighted by molar-refractivity contribution is 7.89. The second-order valence-electron chi connectivity index (χ2n) is 23.4. The number of aromatic nitrogens is 6. The summed E-state index contributed by atoms with van der Waals surface area (Å²) in [5.74, 6) is 0.501. The van der Waals surface area contributed by atoms with Gasteiger partial charge in [-0.2, -0.15) is 18.6 Å². The number of anilines is 4. The molecule has 2 saturated carbocycles. The molecule has 2 aliphatic carbocycles. The van der Waals surface area contributed by atoms with Gasteiger partial charge in [0, 0.05) is 98.0 Å². The lowest BCUT2D eigenvalue weighted by Crippen LogP contribution is -2.56. The van der Waals surface area contributed by atoms with Gasteiger partial charge in [0.2, 0.25) is 31.9 Å². The maximum atomic E-state index is 14.4. The Kier molecular flexibility index (Phi) is 14.1. The lowest BCUT2D eigenvalue weighted by atomic mass is 9.72. The summed E-state index contributed by atoms with van der Waals surface area (Å²) >= 11 is 0. The molecule has 414 valence electrons. The third-order valence-corrected chi connectivity index (χ3v) is 22.2. The SMILES string of the molecule is Cc1cc(S(=O)(=O)N2CCC3(CC2)CN(C)CCO3)ccc1Nc1ncc2ccc(=O)n(C3CCC(c4cc(=O)n(C5CCCC5)c5nc(Nc6ccc(S(=O)(=O)N7CCC8(CCN(C)CC8)CC7)cc6C)ncc45)C3)c2n1. The first-order chi connectivity index (χ1) is 37.5. The fourth-order valence-corrected chi connectivity index (χ4v) is 16.7. The Labute approximate surface area is 456 Å². The molecular weight excluding hydrogens is 1030 g/mol. The van der Waals surface area contributed by atoms with Crippen LogP contribution in [0.1, 0.15) is 118 Å². The predicted octanol–water partition coefficient (Wildman–Crippen LogP) is 7.61. The second-order valence-corrected chi connectivity index (χ2v) is 27.3. The second kappa shape index (κ2) is 20.8. The van der Waals surface area contributed by atoms with Gasteiger partial charge in [0.1, 0.15) is 11.3 Å². The molecule has 0 radical (unpaired) electrons. The fraction of sp³-hybridized carbons (Fsp3) is 0.544. The van der Waals surface area contributed by atoms with Gasteiger partial charge in [0.25, 0.3) is 11.1 Å². The van der Waals surface area contributed by atoms with Gasteiger partial charge in [-0.15, -0.1) is 0 Å². The van der Waals surface area contributed by atoms with Crippen molar-refractivity contribution in [3.05, 3.63) is 104 Å². The minimum absolute atomic E-state index is 0.00216. The zero-order valence-electron chi connectivity index (χ0n) is 45.3. The van der Waals surface area contributed by atoms with Crippen molar-refractivity contribution in [3.8, 4) is 0 Å².